The molecule has 1 aromatic carbocycles. The van der Waals surface area contributed by atoms with Gasteiger partial charge in [-0.25, -0.2) is 4.39 Å². The molecule has 1 atom stereocenters. The highest BCUT2D eigenvalue weighted by Crippen LogP contribution is 2.40. The monoisotopic (exact) mass is 382 g/mol. The van der Waals surface area contributed by atoms with E-state index in [1.54, 1.807) is 18.2 Å². The highest BCUT2D eigenvalue weighted by atomic mass is 79.9. The topological polar surface area (TPSA) is 0 Å². The largest absolute Gasteiger partial charge is 0.207 e. The maximum atomic E-state index is 13.5. The van der Waals surface area contributed by atoms with Crippen molar-refractivity contribution in [3.05, 3.63) is 54.8 Å². The number of halogens is 4. The van der Waals surface area contributed by atoms with E-state index in [2.05, 4.69) is 31.9 Å². The summed E-state index contributed by atoms with van der Waals surface area (Å²) in [6.45, 7) is 0. The quantitative estimate of drug-likeness (QED) is 0.579. The standard InChI is InChI=1S/C11H6Br2ClFS/c12-7-5-9(16-11(7)13)10(14)6-3-1-2-4-8(6)15/h1-5,10H. The molecule has 0 aliphatic carbocycles. The molecule has 0 aliphatic heterocycles. The average molecular weight is 384 g/mol. The first-order chi connectivity index (χ1) is 7.59. The van der Waals surface area contributed by atoms with E-state index >= 15 is 0 Å². The minimum absolute atomic E-state index is 0.275. The van der Waals surface area contributed by atoms with Crippen LogP contribution in [-0.2, 0) is 0 Å². The Kier molecular flexibility index (Phi) is 4.06. The molecule has 0 saturated carbocycles. The van der Waals surface area contributed by atoms with Crippen LogP contribution in [0.4, 0.5) is 4.39 Å². The van der Waals surface area contributed by atoms with E-state index in [1.807, 2.05) is 6.07 Å². The third-order valence-electron chi connectivity index (χ3n) is 2.09. The first-order valence-corrected chi connectivity index (χ1v) is 7.26. The van der Waals surface area contributed by atoms with Crippen molar-refractivity contribution in [2.45, 2.75) is 5.38 Å². The van der Waals surface area contributed by atoms with E-state index < -0.39 is 5.38 Å². The third kappa shape index (κ3) is 2.50. The Morgan fingerprint density at radius 3 is 2.50 bits per heavy atom. The van der Waals surface area contributed by atoms with E-state index in [1.165, 1.54) is 17.4 Å². The number of benzene rings is 1. The lowest BCUT2D eigenvalue weighted by Crippen LogP contribution is -1.93. The van der Waals surface area contributed by atoms with Gasteiger partial charge in [0.1, 0.15) is 5.82 Å². The lowest BCUT2D eigenvalue weighted by Gasteiger charge is -2.08. The molecule has 84 valence electrons. The lowest BCUT2D eigenvalue weighted by molar-refractivity contribution is 0.613. The zero-order valence-electron chi connectivity index (χ0n) is 7.88. The summed E-state index contributed by atoms with van der Waals surface area (Å²) < 4.78 is 15.4. The fourth-order valence-electron chi connectivity index (χ4n) is 1.32. The molecule has 0 radical (unpaired) electrons. The second kappa shape index (κ2) is 5.17. The lowest BCUT2D eigenvalue weighted by atomic mass is 10.1. The number of thiophene rings is 1. The molecular formula is C11H6Br2ClFS. The van der Waals surface area contributed by atoms with E-state index in [0.29, 0.717) is 5.56 Å². The summed E-state index contributed by atoms with van der Waals surface area (Å²) >= 11 is 14.5. The van der Waals surface area contributed by atoms with Crippen LogP contribution in [-0.4, -0.2) is 0 Å². The van der Waals surface area contributed by atoms with Gasteiger partial charge in [0.05, 0.1) is 9.16 Å². The number of hydrogen-bond acceptors (Lipinski definition) is 1. The van der Waals surface area contributed by atoms with Crippen LogP contribution in [0.15, 0.2) is 38.6 Å². The molecule has 1 unspecified atom stereocenters. The minimum atomic E-state index is -0.450. The molecule has 2 rings (SSSR count). The summed E-state index contributed by atoms with van der Waals surface area (Å²) in [6.07, 6.45) is 0. The molecule has 1 aromatic heterocycles. The van der Waals surface area contributed by atoms with Gasteiger partial charge in [0.25, 0.3) is 0 Å². The molecule has 0 saturated heterocycles. The Morgan fingerprint density at radius 2 is 1.94 bits per heavy atom. The molecule has 0 aliphatic rings. The predicted molar refractivity (Wildman–Crippen MR) is 73.8 cm³/mol. The Labute approximate surface area is 119 Å². The van der Waals surface area contributed by atoms with E-state index in [9.17, 15) is 4.39 Å². The van der Waals surface area contributed by atoms with Crippen molar-refractivity contribution in [3.63, 3.8) is 0 Å². The van der Waals surface area contributed by atoms with Crippen molar-refractivity contribution >= 4 is 54.8 Å². The molecule has 0 N–H and O–H groups in total. The van der Waals surface area contributed by atoms with Gasteiger partial charge < -0.3 is 0 Å². The summed E-state index contributed by atoms with van der Waals surface area (Å²) in [5, 5.41) is -0.450. The van der Waals surface area contributed by atoms with Gasteiger partial charge in [-0.15, -0.1) is 22.9 Å². The van der Waals surface area contributed by atoms with Gasteiger partial charge >= 0.3 is 0 Å². The highest BCUT2D eigenvalue weighted by Gasteiger charge is 2.18. The summed E-state index contributed by atoms with van der Waals surface area (Å²) in [5.74, 6) is -0.275. The van der Waals surface area contributed by atoms with Gasteiger partial charge in [-0.1, -0.05) is 18.2 Å². The number of alkyl halides is 1. The van der Waals surface area contributed by atoms with Gasteiger partial charge in [0.15, 0.2) is 0 Å². The smallest absolute Gasteiger partial charge is 0.128 e. The van der Waals surface area contributed by atoms with Crippen molar-refractivity contribution in [1.82, 2.24) is 0 Å². The number of rotatable bonds is 2. The Hall–Kier alpha value is 0.1000. The first kappa shape index (κ1) is 12.6. The molecule has 0 amide bonds. The minimum Gasteiger partial charge on any atom is -0.207 e. The van der Waals surface area contributed by atoms with Crippen LogP contribution in [0, 0.1) is 5.82 Å². The Bertz CT molecular complexity index is 493. The zero-order valence-corrected chi connectivity index (χ0v) is 12.6. The van der Waals surface area contributed by atoms with Gasteiger partial charge in [0.2, 0.25) is 0 Å². The van der Waals surface area contributed by atoms with E-state index in [4.69, 9.17) is 11.6 Å². The van der Waals surface area contributed by atoms with Crippen LogP contribution < -0.4 is 0 Å². The van der Waals surface area contributed by atoms with E-state index in [-0.39, 0.29) is 5.82 Å². The van der Waals surface area contributed by atoms with E-state index in [0.717, 1.165) is 13.1 Å². The average Bonchev–Trinajstić information content (AvgIpc) is 2.59. The van der Waals surface area contributed by atoms with Crippen LogP contribution in [0.1, 0.15) is 15.8 Å². The molecular weight excluding hydrogens is 378 g/mol. The Balaban J connectivity index is 2.39. The summed E-state index contributed by atoms with van der Waals surface area (Å²) in [7, 11) is 0. The second-order valence-corrected chi connectivity index (χ2v) is 6.85. The fraction of sp³-hybridized carbons (Fsp3) is 0.0909. The molecule has 0 fully saturated rings. The number of hydrogen-bond donors (Lipinski definition) is 0. The Morgan fingerprint density at radius 1 is 1.25 bits per heavy atom. The fourth-order valence-corrected chi connectivity index (χ4v) is 3.78. The van der Waals surface area contributed by atoms with Crippen molar-refractivity contribution in [2.24, 2.45) is 0 Å². The zero-order chi connectivity index (χ0) is 11.7. The normalized spacial score (nSPS) is 12.8. The SMILES string of the molecule is Fc1ccccc1C(Cl)c1cc(Br)c(Br)s1. The van der Waals surface area contributed by atoms with Crippen LogP contribution in [0.5, 0.6) is 0 Å². The van der Waals surface area contributed by atoms with Crippen molar-refractivity contribution in [2.75, 3.05) is 0 Å². The van der Waals surface area contributed by atoms with Crippen LogP contribution in [0.25, 0.3) is 0 Å². The third-order valence-corrected chi connectivity index (χ3v) is 6.01. The second-order valence-electron chi connectivity index (χ2n) is 3.15. The van der Waals surface area contributed by atoms with Crippen LogP contribution >= 0.6 is 54.8 Å². The molecule has 0 bridgehead atoms. The molecule has 16 heavy (non-hydrogen) atoms. The predicted octanol–water partition coefficient (Wildman–Crippen LogP) is 5.74. The highest BCUT2D eigenvalue weighted by molar-refractivity contribution is 9.13. The summed E-state index contributed by atoms with van der Waals surface area (Å²) in [6, 6.07) is 8.46. The maximum Gasteiger partial charge on any atom is 0.128 e. The van der Waals surface area contributed by atoms with Gasteiger partial charge in [0, 0.05) is 14.9 Å². The molecule has 5 heteroatoms. The maximum absolute atomic E-state index is 13.5. The van der Waals surface area contributed by atoms with Gasteiger partial charge in [-0.3, -0.25) is 0 Å². The van der Waals surface area contributed by atoms with Gasteiger partial charge in [-0.2, -0.15) is 0 Å². The first-order valence-electron chi connectivity index (χ1n) is 4.43. The van der Waals surface area contributed by atoms with Gasteiger partial charge in [-0.05, 0) is 44.0 Å². The van der Waals surface area contributed by atoms with Crippen LogP contribution in [0.2, 0.25) is 0 Å². The van der Waals surface area contributed by atoms with Crippen LogP contribution in [0.3, 0.4) is 0 Å². The van der Waals surface area contributed by atoms with Crippen molar-refractivity contribution in [1.29, 1.82) is 0 Å². The van der Waals surface area contributed by atoms with Crippen molar-refractivity contribution < 1.29 is 4.39 Å². The molecule has 1 heterocycles. The summed E-state index contributed by atoms with van der Waals surface area (Å²) in [5.41, 5.74) is 0.505. The van der Waals surface area contributed by atoms with Crippen molar-refractivity contribution in [3.8, 4) is 0 Å². The molecule has 0 spiro atoms. The molecule has 2 aromatic rings. The summed E-state index contributed by atoms with van der Waals surface area (Å²) in [4.78, 5) is 0.908. The molecule has 0 nitrogen and oxygen atoms in total.